The molecule has 0 bridgehead atoms. The number of hydrogen-bond acceptors (Lipinski definition) is 11. The third-order valence-corrected chi connectivity index (χ3v) is 13.6. The fraction of sp³-hybridized carbons (Fsp3) is 0.556. The van der Waals surface area contributed by atoms with Crippen molar-refractivity contribution in [3.63, 3.8) is 0 Å². The summed E-state index contributed by atoms with van der Waals surface area (Å²) in [5.74, 6) is 3.38. The van der Waals surface area contributed by atoms with Gasteiger partial charge in [-0.25, -0.2) is 0 Å². The first-order valence-corrected chi connectivity index (χ1v) is 23.8. The molecule has 6 aliphatic rings. The number of rotatable bonds is 27. The summed E-state index contributed by atoms with van der Waals surface area (Å²) in [6.45, 7) is 19.2. The number of epoxide rings is 5. The van der Waals surface area contributed by atoms with E-state index in [1.807, 2.05) is 0 Å². The van der Waals surface area contributed by atoms with Gasteiger partial charge in [-0.1, -0.05) is 81.4 Å². The molecule has 1 saturated carbocycles. The first-order valence-electron chi connectivity index (χ1n) is 23.8. The van der Waals surface area contributed by atoms with E-state index >= 15 is 0 Å². The van der Waals surface area contributed by atoms with Crippen LogP contribution in [0.5, 0.6) is 17.2 Å². The van der Waals surface area contributed by atoms with Crippen LogP contribution in [0.3, 0.4) is 0 Å². The van der Waals surface area contributed by atoms with Gasteiger partial charge in [0.2, 0.25) is 0 Å². The average Bonchev–Trinajstić information content (AvgIpc) is 4.12. The summed E-state index contributed by atoms with van der Waals surface area (Å²) in [5.41, 5.74) is 5.45. The first-order chi connectivity index (χ1) is 31.7. The molecule has 5 heterocycles. The summed E-state index contributed by atoms with van der Waals surface area (Å²) in [7, 11) is 0. The Morgan fingerprint density at radius 1 is 0.415 bits per heavy atom. The van der Waals surface area contributed by atoms with Crippen LogP contribution < -0.4 is 14.2 Å². The zero-order valence-corrected chi connectivity index (χ0v) is 38.7. The van der Waals surface area contributed by atoms with Crippen LogP contribution in [0.15, 0.2) is 97.1 Å². The Hall–Kier alpha value is -4.04. The lowest BCUT2D eigenvalue weighted by atomic mass is 9.70. The van der Waals surface area contributed by atoms with Crippen molar-refractivity contribution in [1.29, 1.82) is 0 Å². The largest absolute Gasteiger partial charge is 0.491 e. The van der Waals surface area contributed by atoms with Crippen LogP contribution in [0.1, 0.15) is 74.8 Å². The molecule has 5 aliphatic heterocycles. The van der Waals surface area contributed by atoms with Gasteiger partial charge in [0, 0.05) is 22.9 Å². The molecule has 4 aromatic rings. The predicted molar refractivity (Wildman–Crippen MR) is 247 cm³/mol. The van der Waals surface area contributed by atoms with E-state index < -0.39 is 5.41 Å². The Bertz CT molecular complexity index is 1960. The van der Waals surface area contributed by atoms with E-state index in [1.165, 1.54) is 40.7 Å². The van der Waals surface area contributed by atoms with Gasteiger partial charge in [-0.05, 0) is 96.3 Å². The van der Waals surface area contributed by atoms with E-state index in [0.717, 1.165) is 75.8 Å². The van der Waals surface area contributed by atoms with Crippen molar-refractivity contribution >= 4 is 0 Å². The minimum absolute atomic E-state index is 0.0430. The number of ether oxygens (including phenoxy) is 11. The van der Waals surface area contributed by atoms with Gasteiger partial charge in [-0.15, -0.1) is 0 Å². The number of benzene rings is 4. The fourth-order valence-electron chi connectivity index (χ4n) is 7.98. The molecule has 5 atom stereocenters. The molecule has 5 saturated heterocycles. The Morgan fingerprint density at radius 3 is 1.03 bits per heavy atom. The Balaban J connectivity index is 0.000000212. The molecule has 65 heavy (non-hydrogen) atoms. The Labute approximate surface area is 385 Å². The maximum absolute atomic E-state index is 5.94. The summed E-state index contributed by atoms with van der Waals surface area (Å²) in [5, 5.41) is 0. The van der Waals surface area contributed by atoms with Crippen molar-refractivity contribution in [3.05, 3.63) is 125 Å². The SMILES string of the molecule is CC(C)(c1ccc(OCC2CO2)cc1)c1ccc(C(C)(c2ccc(OCC3CO3)cc2)c2ccc(OCC3CO3)cc2)cc1.CCC(COCC1CC1)(COCC1CO1)COCC1CO1. The zero-order valence-electron chi connectivity index (χ0n) is 38.7. The molecular weight excluding hydrogens is 825 g/mol. The smallest absolute Gasteiger partial charge is 0.119 e. The highest BCUT2D eigenvalue weighted by atomic mass is 16.6. The third kappa shape index (κ3) is 13.3. The van der Waals surface area contributed by atoms with Crippen LogP contribution in [0.25, 0.3) is 0 Å². The molecule has 11 nitrogen and oxygen atoms in total. The van der Waals surface area contributed by atoms with E-state index in [0.29, 0.717) is 58.5 Å². The minimum atomic E-state index is -0.400. The van der Waals surface area contributed by atoms with Crippen LogP contribution in [0.2, 0.25) is 0 Å². The first kappa shape index (κ1) is 46.1. The highest BCUT2D eigenvalue weighted by molar-refractivity contribution is 5.53. The molecule has 0 amide bonds. The second-order valence-electron chi connectivity index (χ2n) is 19.5. The van der Waals surface area contributed by atoms with E-state index in [1.54, 1.807) is 0 Å². The van der Waals surface area contributed by atoms with Crippen molar-refractivity contribution in [2.75, 3.05) is 92.5 Å². The standard InChI is InChI=1S/C38H40O6.C16H28O5/c1-37(2,27-8-14-31(15-9-27)39-20-34-23-42-34)26-4-6-28(7-5-26)38(3,29-10-16-32(17-11-29)40-21-35-24-43-35)30-12-18-33(19-13-30)41-22-36-25-44-36;1-2-16(10-17-5-13-3-4-13,11-18-6-14-8-20-14)12-19-7-15-9-21-15/h4-19,34-36H,20-25H2,1-3H3;13-15H,2-12H2,1H3. The fourth-order valence-corrected chi connectivity index (χ4v) is 7.98. The monoisotopic (exact) mass is 892 g/mol. The molecule has 10 rings (SSSR count). The van der Waals surface area contributed by atoms with Gasteiger partial charge in [0.1, 0.15) is 67.6 Å². The van der Waals surface area contributed by atoms with Gasteiger partial charge in [0.15, 0.2) is 0 Å². The molecule has 11 heteroatoms. The highest BCUT2D eigenvalue weighted by Crippen LogP contribution is 2.42. The van der Waals surface area contributed by atoms with E-state index in [-0.39, 0.29) is 29.1 Å². The van der Waals surface area contributed by atoms with Crippen LogP contribution in [-0.4, -0.2) is 123 Å². The lowest BCUT2D eigenvalue weighted by Gasteiger charge is -2.33. The van der Waals surface area contributed by atoms with Crippen molar-refractivity contribution in [1.82, 2.24) is 0 Å². The van der Waals surface area contributed by atoms with E-state index in [9.17, 15) is 0 Å². The van der Waals surface area contributed by atoms with Crippen molar-refractivity contribution in [2.24, 2.45) is 11.3 Å². The molecule has 350 valence electrons. The van der Waals surface area contributed by atoms with Crippen molar-refractivity contribution in [2.45, 2.75) is 88.3 Å². The maximum atomic E-state index is 5.94. The van der Waals surface area contributed by atoms with Gasteiger partial charge < -0.3 is 52.1 Å². The Kier molecular flexibility index (Phi) is 14.8. The molecule has 4 aromatic carbocycles. The summed E-state index contributed by atoms with van der Waals surface area (Å²) in [6, 6.07) is 34.5. The molecule has 5 unspecified atom stereocenters. The minimum Gasteiger partial charge on any atom is -0.491 e. The number of hydrogen-bond donors (Lipinski definition) is 0. The van der Waals surface area contributed by atoms with Gasteiger partial charge in [0.05, 0.1) is 66.1 Å². The lowest BCUT2D eigenvalue weighted by molar-refractivity contribution is -0.0761. The van der Waals surface area contributed by atoms with Crippen molar-refractivity contribution < 1.29 is 52.1 Å². The van der Waals surface area contributed by atoms with Crippen LogP contribution >= 0.6 is 0 Å². The summed E-state index contributed by atoms with van der Waals surface area (Å²) in [4.78, 5) is 0. The molecule has 6 fully saturated rings. The predicted octanol–water partition coefficient (Wildman–Crippen LogP) is 8.34. The van der Waals surface area contributed by atoms with Crippen LogP contribution in [0.4, 0.5) is 0 Å². The van der Waals surface area contributed by atoms with Gasteiger partial charge in [0.25, 0.3) is 0 Å². The topological polar surface area (TPSA) is 118 Å². The van der Waals surface area contributed by atoms with Gasteiger partial charge >= 0.3 is 0 Å². The second kappa shape index (κ2) is 20.9. The van der Waals surface area contributed by atoms with Gasteiger partial charge in [-0.3, -0.25) is 0 Å². The summed E-state index contributed by atoms with van der Waals surface area (Å²) in [6.07, 6.45) is 4.97. The molecular formula is C54H68O11. The second-order valence-corrected chi connectivity index (χ2v) is 19.5. The van der Waals surface area contributed by atoms with Crippen molar-refractivity contribution in [3.8, 4) is 17.2 Å². The molecule has 0 N–H and O–H groups in total. The summed E-state index contributed by atoms with van der Waals surface area (Å²) >= 11 is 0. The highest BCUT2D eigenvalue weighted by Gasteiger charge is 2.35. The quantitative estimate of drug-likeness (QED) is 0.0425. The molecule has 0 spiro atoms. The van der Waals surface area contributed by atoms with Gasteiger partial charge in [-0.2, -0.15) is 0 Å². The maximum Gasteiger partial charge on any atom is 0.119 e. The molecule has 1 aliphatic carbocycles. The van der Waals surface area contributed by atoms with Crippen LogP contribution in [-0.2, 0) is 48.7 Å². The molecule has 0 aromatic heterocycles. The van der Waals surface area contributed by atoms with E-state index in [4.69, 9.17) is 52.1 Å². The van der Waals surface area contributed by atoms with Crippen LogP contribution in [0, 0.1) is 11.3 Å². The third-order valence-electron chi connectivity index (χ3n) is 13.6. The van der Waals surface area contributed by atoms with E-state index in [2.05, 4.69) is 125 Å². The molecule has 0 radical (unpaired) electrons. The summed E-state index contributed by atoms with van der Waals surface area (Å²) < 4.78 is 61.6. The zero-order chi connectivity index (χ0) is 44.7. The Morgan fingerprint density at radius 2 is 0.708 bits per heavy atom. The average molecular weight is 893 g/mol. The lowest BCUT2D eigenvalue weighted by Crippen LogP contribution is -2.38. The normalized spacial score (nSPS) is 24.4.